The molecule has 1 aromatic rings. The number of benzene rings is 1. The minimum atomic E-state index is -0.206. The zero-order valence-corrected chi connectivity index (χ0v) is 11.5. The van der Waals surface area contributed by atoms with E-state index in [1.165, 1.54) is 6.07 Å². The average molecular weight is 261 g/mol. The Kier molecular flexibility index (Phi) is 4.39. The lowest BCUT2D eigenvalue weighted by Gasteiger charge is -2.32. The number of hydrogen-bond acceptors (Lipinski definition) is 3. The van der Waals surface area contributed by atoms with Crippen LogP contribution in [0.15, 0.2) is 24.3 Å². The summed E-state index contributed by atoms with van der Waals surface area (Å²) in [4.78, 5) is 4.29. The topological polar surface area (TPSA) is 30.3 Å². The fraction of sp³-hybridized carbons (Fsp3) is 0.533. The van der Waals surface area contributed by atoms with Gasteiger partial charge in [0.15, 0.2) is 0 Å². The Bertz CT molecular complexity index is 469. The Morgan fingerprint density at radius 2 is 2.05 bits per heavy atom. The molecule has 0 amide bonds. The Morgan fingerprint density at radius 3 is 2.74 bits per heavy atom. The van der Waals surface area contributed by atoms with Crippen molar-refractivity contribution in [3.8, 4) is 6.07 Å². The smallest absolute Gasteiger partial charge is 0.146 e. The van der Waals surface area contributed by atoms with E-state index in [9.17, 15) is 4.39 Å². The first-order valence-corrected chi connectivity index (χ1v) is 6.68. The van der Waals surface area contributed by atoms with E-state index in [-0.39, 0.29) is 11.9 Å². The van der Waals surface area contributed by atoms with Gasteiger partial charge in [-0.3, -0.25) is 0 Å². The molecule has 0 spiro atoms. The van der Waals surface area contributed by atoms with Crippen LogP contribution in [0.4, 0.5) is 10.1 Å². The summed E-state index contributed by atoms with van der Waals surface area (Å²) >= 11 is 0. The van der Waals surface area contributed by atoms with Gasteiger partial charge in [0, 0.05) is 19.6 Å². The van der Waals surface area contributed by atoms with Gasteiger partial charge in [-0.1, -0.05) is 19.1 Å². The fourth-order valence-electron chi connectivity index (χ4n) is 2.87. The number of likely N-dealkylation sites (N-methyl/N-ethyl adjacent to an activating group) is 1. The van der Waals surface area contributed by atoms with E-state index in [1.54, 1.807) is 12.1 Å². The molecule has 1 fully saturated rings. The van der Waals surface area contributed by atoms with Crippen molar-refractivity contribution in [1.82, 2.24) is 4.90 Å². The predicted molar refractivity (Wildman–Crippen MR) is 74.4 cm³/mol. The Hall–Kier alpha value is -1.60. The molecule has 102 valence electrons. The van der Waals surface area contributed by atoms with Crippen LogP contribution in [-0.2, 0) is 0 Å². The molecule has 0 radical (unpaired) electrons. The van der Waals surface area contributed by atoms with E-state index in [0.29, 0.717) is 18.0 Å². The van der Waals surface area contributed by atoms with Gasteiger partial charge in [-0.15, -0.1) is 0 Å². The normalized spacial score (nSPS) is 24.8. The maximum Gasteiger partial charge on any atom is 0.146 e. The van der Waals surface area contributed by atoms with Crippen LogP contribution in [0, 0.1) is 23.1 Å². The lowest BCUT2D eigenvalue weighted by Crippen LogP contribution is -2.40. The second kappa shape index (κ2) is 6.03. The van der Waals surface area contributed by atoms with Crippen LogP contribution >= 0.6 is 0 Å². The van der Waals surface area contributed by atoms with Crippen molar-refractivity contribution >= 4 is 5.69 Å². The molecular weight excluding hydrogens is 241 g/mol. The van der Waals surface area contributed by atoms with Gasteiger partial charge >= 0.3 is 0 Å². The molecule has 2 unspecified atom stereocenters. The van der Waals surface area contributed by atoms with E-state index in [4.69, 9.17) is 5.26 Å². The van der Waals surface area contributed by atoms with Crippen molar-refractivity contribution in [1.29, 1.82) is 5.26 Å². The van der Waals surface area contributed by atoms with Gasteiger partial charge in [0.25, 0.3) is 0 Å². The number of nitriles is 1. The third-order valence-electron chi connectivity index (χ3n) is 3.58. The quantitative estimate of drug-likeness (QED) is 0.819. The van der Waals surface area contributed by atoms with Crippen LogP contribution in [0.2, 0.25) is 0 Å². The SMILES string of the molecule is CC1CN(C)CC(CC#N)N(c2ccccc2F)C1. The molecule has 0 aliphatic carbocycles. The largest absolute Gasteiger partial charge is 0.364 e. The maximum absolute atomic E-state index is 14.0. The van der Waals surface area contributed by atoms with Crippen LogP contribution in [0.1, 0.15) is 13.3 Å². The molecule has 1 aromatic carbocycles. The first kappa shape index (κ1) is 13.8. The predicted octanol–water partition coefficient (Wildman–Crippen LogP) is 2.50. The van der Waals surface area contributed by atoms with E-state index in [0.717, 1.165) is 19.6 Å². The van der Waals surface area contributed by atoms with Gasteiger partial charge in [-0.25, -0.2) is 4.39 Å². The minimum absolute atomic E-state index is 0.0526. The number of rotatable bonds is 2. The molecule has 0 N–H and O–H groups in total. The number of para-hydroxylation sites is 1. The highest BCUT2D eigenvalue weighted by molar-refractivity contribution is 5.49. The molecule has 19 heavy (non-hydrogen) atoms. The fourth-order valence-corrected chi connectivity index (χ4v) is 2.87. The van der Waals surface area contributed by atoms with Crippen LogP contribution < -0.4 is 4.90 Å². The highest BCUT2D eigenvalue weighted by Crippen LogP contribution is 2.26. The lowest BCUT2D eigenvalue weighted by atomic mass is 10.1. The summed E-state index contributed by atoms with van der Waals surface area (Å²) in [5, 5.41) is 9.01. The van der Waals surface area contributed by atoms with Crippen molar-refractivity contribution in [3.05, 3.63) is 30.1 Å². The van der Waals surface area contributed by atoms with Crippen LogP contribution in [0.3, 0.4) is 0 Å². The van der Waals surface area contributed by atoms with Gasteiger partial charge in [-0.05, 0) is 25.1 Å². The number of anilines is 1. The van der Waals surface area contributed by atoms with Crippen LogP contribution in [-0.4, -0.2) is 37.6 Å². The van der Waals surface area contributed by atoms with Gasteiger partial charge in [0.2, 0.25) is 0 Å². The summed E-state index contributed by atoms with van der Waals surface area (Å²) in [6.07, 6.45) is 0.422. The third-order valence-corrected chi connectivity index (χ3v) is 3.58. The molecule has 1 aliphatic rings. The molecule has 0 saturated carbocycles. The maximum atomic E-state index is 14.0. The molecule has 0 bridgehead atoms. The molecule has 2 rings (SSSR count). The van der Waals surface area contributed by atoms with Crippen LogP contribution in [0.5, 0.6) is 0 Å². The highest BCUT2D eigenvalue weighted by atomic mass is 19.1. The minimum Gasteiger partial charge on any atom is -0.364 e. The second-order valence-corrected chi connectivity index (χ2v) is 5.45. The Labute approximate surface area is 114 Å². The zero-order valence-electron chi connectivity index (χ0n) is 11.5. The summed E-state index contributed by atoms with van der Waals surface area (Å²) in [6.45, 7) is 4.73. The van der Waals surface area contributed by atoms with Crippen molar-refractivity contribution in [2.24, 2.45) is 5.92 Å². The molecule has 1 heterocycles. The van der Waals surface area contributed by atoms with Crippen molar-refractivity contribution in [2.45, 2.75) is 19.4 Å². The molecule has 4 heteroatoms. The summed E-state index contributed by atoms with van der Waals surface area (Å²) in [7, 11) is 2.06. The third kappa shape index (κ3) is 3.24. The number of nitrogens with zero attached hydrogens (tertiary/aromatic N) is 3. The molecule has 3 nitrogen and oxygen atoms in total. The van der Waals surface area contributed by atoms with E-state index in [2.05, 4.69) is 29.8 Å². The number of halogens is 1. The Morgan fingerprint density at radius 1 is 1.32 bits per heavy atom. The van der Waals surface area contributed by atoms with Gasteiger partial charge in [0.1, 0.15) is 5.82 Å². The van der Waals surface area contributed by atoms with E-state index in [1.807, 2.05) is 6.07 Å². The van der Waals surface area contributed by atoms with E-state index < -0.39 is 0 Å². The van der Waals surface area contributed by atoms with Crippen molar-refractivity contribution < 1.29 is 4.39 Å². The highest BCUT2D eigenvalue weighted by Gasteiger charge is 2.28. The summed E-state index contributed by atoms with van der Waals surface area (Å²) in [5.74, 6) is 0.246. The van der Waals surface area contributed by atoms with Crippen molar-refractivity contribution in [3.63, 3.8) is 0 Å². The molecule has 1 aliphatic heterocycles. The Balaban J connectivity index is 2.32. The van der Waals surface area contributed by atoms with Gasteiger partial charge in [0.05, 0.1) is 24.2 Å². The summed E-state index contributed by atoms with van der Waals surface area (Å²) in [5.41, 5.74) is 0.616. The first-order chi connectivity index (χ1) is 9.11. The standard InChI is InChI=1S/C15H20FN3/c1-12-9-18(2)11-13(7-8-17)19(10-12)15-6-4-3-5-14(15)16/h3-6,12-13H,7,9-11H2,1-2H3. The first-order valence-electron chi connectivity index (χ1n) is 6.68. The lowest BCUT2D eigenvalue weighted by molar-refractivity contribution is 0.304. The summed E-state index contributed by atoms with van der Waals surface area (Å²) < 4.78 is 14.0. The zero-order chi connectivity index (χ0) is 13.8. The summed E-state index contributed by atoms with van der Waals surface area (Å²) in [6, 6.07) is 9.12. The molecule has 2 atom stereocenters. The van der Waals surface area contributed by atoms with Gasteiger partial charge in [-0.2, -0.15) is 5.26 Å². The van der Waals surface area contributed by atoms with Crippen molar-refractivity contribution in [2.75, 3.05) is 31.6 Å². The second-order valence-electron chi connectivity index (χ2n) is 5.45. The molecule has 0 aromatic heterocycles. The number of hydrogen-bond donors (Lipinski definition) is 0. The monoisotopic (exact) mass is 261 g/mol. The van der Waals surface area contributed by atoms with E-state index >= 15 is 0 Å². The average Bonchev–Trinajstić information content (AvgIpc) is 2.49. The van der Waals surface area contributed by atoms with Crippen LogP contribution in [0.25, 0.3) is 0 Å². The van der Waals surface area contributed by atoms with Gasteiger partial charge < -0.3 is 9.80 Å². The molecule has 1 saturated heterocycles. The molecular formula is C15H20FN3.